The minimum absolute atomic E-state index is 0.377. The number of nitrogens with one attached hydrogen (secondary N) is 1. The second-order valence-electron chi connectivity index (χ2n) is 5.69. The Morgan fingerprint density at radius 3 is 3.10 bits per heavy atom. The van der Waals surface area contributed by atoms with Crippen molar-refractivity contribution in [1.82, 2.24) is 14.9 Å². The molecule has 0 bridgehead atoms. The summed E-state index contributed by atoms with van der Waals surface area (Å²) >= 11 is 0. The molecule has 2 heterocycles. The highest BCUT2D eigenvalue weighted by molar-refractivity contribution is 5.76. The average molecular weight is 273 g/mol. The molecule has 4 heteroatoms. The van der Waals surface area contributed by atoms with E-state index in [1.165, 1.54) is 23.9 Å². The molecular formula is C16H23N3O. The number of hydrogen-bond donors (Lipinski definition) is 1. The molecule has 1 fully saturated rings. The van der Waals surface area contributed by atoms with Gasteiger partial charge in [0, 0.05) is 44.7 Å². The van der Waals surface area contributed by atoms with E-state index in [9.17, 15) is 0 Å². The van der Waals surface area contributed by atoms with Crippen molar-refractivity contribution in [1.29, 1.82) is 0 Å². The molecule has 1 aliphatic carbocycles. The fourth-order valence-electron chi connectivity index (χ4n) is 2.59. The van der Waals surface area contributed by atoms with Crippen LogP contribution in [0.2, 0.25) is 0 Å². The van der Waals surface area contributed by atoms with Gasteiger partial charge in [-0.15, -0.1) is 0 Å². The van der Waals surface area contributed by atoms with Gasteiger partial charge >= 0.3 is 0 Å². The molecule has 1 atom stereocenters. The summed E-state index contributed by atoms with van der Waals surface area (Å²) in [6.45, 7) is 4.00. The fourth-order valence-corrected chi connectivity index (χ4v) is 2.59. The summed E-state index contributed by atoms with van der Waals surface area (Å²) in [4.78, 5) is 4.59. The standard InChI is InChI=1S/C16H23N3O/c1-12(18-14-4-5-14)13-10-16-15(17-11-13)6-8-19(16)7-3-9-20-2/h6,8,10-12,14,18H,3-5,7,9H2,1-2H3. The smallest absolute Gasteiger partial charge is 0.0881 e. The highest BCUT2D eigenvalue weighted by atomic mass is 16.5. The predicted octanol–water partition coefficient (Wildman–Crippen LogP) is 2.89. The Hall–Kier alpha value is -1.39. The number of methoxy groups -OCH3 is 1. The Labute approximate surface area is 120 Å². The van der Waals surface area contributed by atoms with Crippen LogP contribution in [0.3, 0.4) is 0 Å². The molecule has 2 aromatic heterocycles. The largest absolute Gasteiger partial charge is 0.385 e. The zero-order chi connectivity index (χ0) is 13.9. The van der Waals surface area contributed by atoms with Crippen molar-refractivity contribution < 1.29 is 4.74 Å². The first-order valence-corrected chi connectivity index (χ1v) is 7.47. The summed E-state index contributed by atoms with van der Waals surface area (Å²) in [5.74, 6) is 0. The van der Waals surface area contributed by atoms with Crippen LogP contribution in [0.25, 0.3) is 11.0 Å². The minimum atomic E-state index is 0.377. The Bertz CT molecular complexity index is 574. The molecule has 0 aromatic carbocycles. The summed E-state index contributed by atoms with van der Waals surface area (Å²) in [6, 6.07) is 5.45. The first-order valence-electron chi connectivity index (χ1n) is 7.47. The Balaban J connectivity index is 1.78. The molecule has 4 nitrogen and oxygen atoms in total. The van der Waals surface area contributed by atoms with E-state index in [0.29, 0.717) is 12.1 Å². The van der Waals surface area contributed by atoms with Gasteiger partial charge in [0.1, 0.15) is 0 Å². The SMILES string of the molecule is COCCCn1ccc2ncc(C(C)NC3CC3)cc21. The van der Waals surface area contributed by atoms with Gasteiger partial charge in [0.15, 0.2) is 0 Å². The van der Waals surface area contributed by atoms with Gasteiger partial charge in [0.05, 0.1) is 11.0 Å². The molecule has 108 valence electrons. The number of pyridine rings is 1. The van der Waals surface area contributed by atoms with Crippen LogP contribution in [0.4, 0.5) is 0 Å². The van der Waals surface area contributed by atoms with Crippen molar-refractivity contribution in [3.8, 4) is 0 Å². The molecule has 0 saturated heterocycles. The zero-order valence-electron chi connectivity index (χ0n) is 12.3. The highest BCUT2D eigenvalue weighted by Gasteiger charge is 2.23. The molecule has 0 spiro atoms. The highest BCUT2D eigenvalue weighted by Crippen LogP contribution is 2.25. The van der Waals surface area contributed by atoms with Gasteiger partial charge in [-0.25, -0.2) is 0 Å². The van der Waals surface area contributed by atoms with Crippen molar-refractivity contribution in [3.63, 3.8) is 0 Å². The number of aromatic nitrogens is 2. The summed E-state index contributed by atoms with van der Waals surface area (Å²) in [7, 11) is 1.75. The number of nitrogens with zero attached hydrogens (tertiary/aromatic N) is 2. The van der Waals surface area contributed by atoms with Crippen molar-refractivity contribution in [2.45, 2.75) is 44.8 Å². The lowest BCUT2D eigenvalue weighted by Gasteiger charge is -2.14. The molecule has 1 saturated carbocycles. The summed E-state index contributed by atoms with van der Waals surface area (Å²) in [5.41, 5.74) is 3.57. The van der Waals surface area contributed by atoms with Crippen LogP contribution in [-0.4, -0.2) is 29.3 Å². The third-order valence-electron chi connectivity index (χ3n) is 3.95. The van der Waals surface area contributed by atoms with Crippen molar-refractivity contribution in [2.75, 3.05) is 13.7 Å². The van der Waals surface area contributed by atoms with E-state index in [2.05, 4.69) is 40.1 Å². The van der Waals surface area contributed by atoms with Crippen LogP contribution in [-0.2, 0) is 11.3 Å². The van der Waals surface area contributed by atoms with Crippen LogP contribution >= 0.6 is 0 Å². The topological polar surface area (TPSA) is 39.1 Å². The lowest BCUT2D eigenvalue weighted by atomic mass is 10.1. The summed E-state index contributed by atoms with van der Waals surface area (Å²) in [5, 5.41) is 3.63. The number of fused-ring (bicyclic) bond motifs is 1. The predicted molar refractivity (Wildman–Crippen MR) is 80.8 cm³/mol. The van der Waals surface area contributed by atoms with Gasteiger partial charge < -0.3 is 14.6 Å². The Morgan fingerprint density at radius 1 is 1.50 bits per heavy atom. The number of aryl methyl sites for hydroxylation is 1. The Kier molecular flexibility index (Phi) is 4.03. The van der Waals surface area contributed by atoms with E-state index >= 15 is 0 Å². The molecule has 20 heavy (non-hydrogen) atoms. The maximum Gasteiger partial charge on any atom is 0.0881 e. The van der Waals surface area contributed by atoms with Crippen LogP contribution in [0.15, 0.2) is 24.5 Å². The number of hydrogen-bond acceptors (Lipinski definition) is 3. The van der Waals surface area contributed by atoms with Gasteiger partial charge in [0.25, 0.3) is 0 Å². The monoisotopic (exact) mass is 273 g/mol. The van der Waals surface area contributed by atoms with E-state index in [1.54, 1.807) is 7.11 Å². The summed E-state index contributed by atoms with van der Waals surface area (Å²) in [6.07, 6.45) is 7.78. The molecule has 3 rings (SSSR count). The molecular weight excluding hydrogens is 250 g/mol. The first kappa shape index (κ1) is 13.6. The number of ether oxygens (including phenoxy) is 1. The van der Waals surface area contributed by atoms with Crippen LogP contribution in [0.5, 0.6) is 0 Å². The third kappa shape index (κ3) is 3.02. The normalized spacial score (nSPS) is 16.7. The second kappa shape index (κ2) is 5.94. The first-order chi connectivity index (χ1) is 9.78. The van der Waals surface area contributed by atoms with Crippen molar-refractivity contribution >= 4 is 11.0 Å². The van der Waals surface area contributed by atoms with E-state index < -0.39 is 0 Å². The van der Waals surface area contributed by atoms with Crippen LogP contribution in [0.1, 0.15) is 37.8 Å². The molecule has 0 aliphatic heterocycles. The molecule has 1 N–H and O–H groups in total. The minimum Gasteiger partial charge on any atom is -0.385 e. The zero-order valence-corrected chi connectivity index (χ0v) is 12.3. The van der Waals surface area contributed by atoms with E-state index in [4.69, 9.17) is 4.74 Å². The lowest BCUT2D eigenvalue weighted by molar-refractivity contribution is 0.190. The van der Waals surface area contributed by atoms with Gasteiger partial charge in [-0.3, -0.25) is 4.98 Å². The molecule has 0 radical (unpaired) electrons. The fraction of sp³-hybridized carbons (Fsp3) is 0.562. The maximum absolute atomic E-state index is 5.13. The number of rotatable bonds is 7. The molecule has 1 aliphatic rings. The summed E-state index contributed by atoms with van der Waals surface area (Å²) < 4.78 is 7.40. The van der Waals surface area contributed by atoms with Gasteiger partial charge in [-0.05, 0) is 43.9 Å². The molecule has 1 unspecified atom stereocenters. The van der Waals surface area contributed by atoms with E-state index in [0.717, 1.165) is 25.1 Å². The van der Waals surface area contributed by atoms with Crippen LogP contribution in [0, 0.1) is 0 Å². The van der Waals surface area contributed by atoms with E-state index in [1.807, 2.05) is 6.20 Å². The van der Waals surface area contributed by atoms with Crippen molar-refractivity contribution in [2.24, 2.45) is 0 Å². The molecule has 2 aromatic rings. The third-order valence-corrected chi connectivity index (χ3v) is 3.95. The second-order valence-corrected chi connectivity index (χ2v) is 5.69. The van der Waals surface area contributed by atoms with Gasteiger partial charge in [-0.1, -0.05) is 0 Å². The van der Waals surface area contributed by atoms with Gasteiger partial charge in [0.2, 0.25) is 0 Å². The van der Waals surface area contributed by atoms with E-state index in [-0.39, 0.29) is 0 Å². The average Bonchev–Trinajstić information content (AvgIpc) is 3.18. The van der Waals surface area contributed by atoms with Crippen molar-refractivity contribution in [3.05, 3.63) is 30.1 Å². The maximum atomic E-state index is 5.13. The molecule has 0 amide bonds. The quantitative estimate of drug-likeness (QED) is 0.788. The van der Waals surface area contributed by atoms with Crippen LogP contribution < -0.4 is 5.32 Å². The van der Waals surface area contributed by atoms with Gasteiger partial charge in [-0.2, -0.15) is 0 Å². The lowest BCUT2D eigenvalue weighted by Crippen LogP contribution is -2.20. The Morgan fingerprint density at radius 2 is 2.35 bits per heavy atom.